The van der Waals surface area contributed by atoms with E-state index in [2.05, 4.69) is 5.32 Å². The van der Waals surface area contributed by atoms with Crippen molar-refractivity contribution < 1.29 is 4.74 Å². The van der Waals surface area contributed by atoms with Crippen LogP contribution in [0.2, 0.25) is 0 Å². The van der Waals surface area contributed by atoms with Crippen LogP contribution in [0, 0.1) is 0 Å². The summed E-state index contributed by atoms with van der Waals surface area (Å²) in [5.41, 5.74) is -0.482. The number of ether oxygens (including phenoxy) is 1. The van der Waals surface area contributed by atoms with Crippen LogP contribution >= 0.6 is 0 Å². The fourth-order valence-corrected chi connectivity index (χ4v) is 1.78. The fourth-order valence-electron chi connectivity index (χ4n) is 1.78. The Hall–Kier alpha value is -1.40. The van der Waals surface area contributed by atoms with E-state index in [1.807, 2.05) is 13.8 Å². The maximum Gasteiger partial charge on any atom is 0.331 e. The van der Waals surface area contributed by atoms with Crippen LogP contribution in [0.3, 0.4) is 0 Å². The molecule has 0 saturated carbocycles. The monoisotopic (exact) mass is 269 g/mol. The van der Waals surface area contributed by atoms with E-state index >= 15 is 0 Å². The Morgan fingerprint density at radius 1 is 1.21 bits per heavy atom. The van der Waals surface area contributed by atoms with Crippen molar-refractivity contribution in [2.75, 3.05) is 26.3 Å². The lowest BCUT2D eigenvalue weighted by Crippen LogP contribution is -2.41. The highest BCUT2D eigenvalue weighted by Gasteiger charge is 2.03. The number of hydrogen-bond acceptors (Lipinski definition) is 4. The molecule has 0 spiro atoms. The molecule has 6 heteroatoms. The van der Waals surface area contributed by atoms with E-state index in [0.717, 1.165) is 13.0 Å². The fraction of sp³-hybridized carbons (Fsp3) is 0.692. The second kappa shape index (κ2) is 8.66. The van der Waals surface area contributed by atoms with Crippen LogP contribution < -0.4 is 16.6 Å². The van der Waals surface area contributed by atoms with Crippen molar-refractivity contribution in [2.24, 2.45) is 0 Å². The van der Waals surface area contributed by atoms with Crippen molar-refractivity contribution in [1.29, 1.82) is 0 Å². The molecule has 0 unspecified atom stereocenters. The van der Waals surface area contributed by atoms with Crippen LogP contribution in [0.25, 0.3) is 0 Å². The van der Waals surface area contributed by atoms with Crippen LogP contribution in [-0.4, -0.2) is 35.4 Å². The molecule has 0 bridgehead atoms. The number of nitrogens with zero attached hydrogens (tertiary/aromatic N) is 2. The molecule has 1 rings (SSSR count). The predicted octanol–water partition coefficient (Wildman–Crippen LogP) is 0.0461. The molecule has 6 nitrogen and oxygen atoms in total. The van der Waals surface area contributed by atoms with Crippen molar-refractivity contribution in [3.63, 3.8) is 0 Å². The minimum atomic E-state index is -0.246. The highest BCUT2D eigenvalue weighted by Crippen LogP contribution is 1.83. The summed E-state index contributed by atoms with van der Waals surface area (Å²) < 4.78 is 8.03. The van der Waals surface area contributed by atoms with Gasteiger partial charge in [-0.15, -0.1) is 0 Å². The van der Waals surface area contributed by atoms with Gasteiger partial charge in [0.2, 0.25) is 0 Å². The molecule has 0 aliphatic heterocycles. The zero-order valence-corrected chi connectivity index (χ0v) is 11.7. The van der Waals surface area contributed by atoms with Crippen molar-refractivity contribution in [2.45, 2.75) is 33.4 Å². The molecule has 108 valence electrons. The van der Waals surface area contributed by atoms with Gasteiger partial charge in [0.1, 0.15) is 0 Å². The number of aromatic nitrogens is 2. The van der Waals surface area contributed by atoms with E-state index in [1.54, 1.807) is 10.8 Å². The Kier molecular flexibility index (Phi) is 7.14. The van der Waals surface area contributed by atoms with Crippen LogP contribution in [0.1, 0.15) is 20.3 Å². The molecule has 1 heterocycles. The molecule has 0 atom stereocenters. The molecule has 0 saturated heterocycles. The Morgan fingerprint density at radius 3 is 2.68 bits per heavy atom. The van der Waals surface area contributed by atoms with E-state index in [1.165, 1.54) is 10.6 Å². The minimum absolute atomic E-state index is 0.235. The van der Waals surface area contributed by atoms with Gasteiger partial charge in [0, 0.05) is 45.0 Å². The van der Waals surface area contributed by atoms with E-state index < -0.39 is 0 Å². The van der Waals surface area contributed by atoms with Gasteiger partial charge in [0.25, 0.3) is 5.56 Å². The first-order valence-electron chi connectivity index (χ1n) is 6.79. The van der Waals surface area contributed by atoms with Gasteiger partial charge in [0.15, 0.2) is 0 Å². The van der Waals surface area contributed by atoms with Crippen LogP contribution in [0.5, 0.6) is 0 Å². The summed E-state index contributed by atoms with van der Waals surface area (Å²) in [6, 6.07) is 1.44. The summed E-state index contributed by atoms with van der Waals surface area (Å²) in [6.07, 6.45) is 2.43. The van der Waals surface area contributed by atoms with Crippen LogP contribution in [-0.2, 0) is 17.8 Å². The van der Waals surface area contributed by atoms with Gasteiger partial charge >= 0.3 is 5.69 Å². The second-order valence-corrected chi connectivity index (χ2v) is 4.23. The second-order valence-electron chi connectivity index (χ2n) is 4.23. The molecule has 19 heavy (non-hydrogen) atoms. The SMILES string of the molecule is CCCn1ccc(=O)n(CCNCCOCC)c1=O. The van der Waals surface area contributed by atoms with Crippen molar-refractivity contribution in [1.82, 2.24) is 14.5 Å². The highest BCUT2D eigenvalue weighted by atomic mass is 16.5. The third-order valence-electron chi connectivity index (χ3n) is 2.74. The highest BCUT2D eigenvalue weighted by molar-refractivity contribution is 4.86. The van der Waals surface area contributed by atoms with Gasteiger partial charge in [-0.1, -0.05) is 6.92 Å². The molecule has 1 N–H and O–H groups in total. The van der Waals surface area contributed by atoms with Crippen LogP contribution in [0.4, 0.5) is 0 Å². The molecule has 0 aliphatic rings. The Bertz CT molecular complexity index is 479. The van der Waals surface area contributed by atoms with E-state index in [-0.39, 0.29) is 11.2 Å². The van der Waals surface area contributed by atoms with E-state index in [4.69, 9.17) is 4.74 Å². The zero-order valence-electron chi connectivity index (χ0n) is 11.7. The Balaban J connectivity index is 2.55. The molecular formula is C13H23N3O3. The standard InChI is InChI=1S/C13H23N3O3/c1-3-8-15-9-5-12(17)16(13(15)18)10-6-14-7-11-19-4-2/h5,9,14H,3-4,6-8,10-11H2,1-2H3. The van der Waals surface area contributed by atoms with Gasteiger partial charge < -0.3 is 14.6 Å². The summed E-state index contributed by atoms with van der Waals surface area (Å²) in [7, 11) is 0. The van der Waals surface area contributed by atoms with Crippen molar-refractivity contribution in [3.8, 4) is 0 Å². The largest absolute Gasteiger partial charge is 0.380 e. The average molecular weight is 269 g/mol. The summed E-state index contributed by atoms with van der Waals surface area (Å²) >= 11 is 0. The lowest BCUT2D eigenvalue weighted by molar-refractivity contribution is 0.149. The lowest BCUT2D eigenvalue weighted by Gasteiger charge is -2.09. The number of nitrogens with one attached hydrogen (secondary N) is 1. The molecular weight excluding hydrogens is 246 g/mol. The third-order valence-corrected chi connectivity index (χ3v) is 2.74. The van der Waals surface area contributed by atoms with Gasteiger partial charge in [0.05, 0.1) is 6.61 Å². The van der Waals surface area contributed by atoms with Gasteiger partial charge in [-0.3, -0.25) is 9.36 Å². The number of hydrogen-bond donors (Lipinski definition) is 1. The van der Waals surface area contributed by atoms with E-state index in [0.29, 0.717) is 32.8 Å². The maximum atomic E-state index is 12.0. The molecule has 1 aromatic rings. The quantitative estimate of drug-likeness (QED) is 0.643. The maximum absolute atomic E-state index is 12.0. The number of aryl methyl sites for hydroxylation is 1. The summed E-state index contributed by atoms with van der Waals surface area (Å²) in [5, 5.41) is 3.14. The number of rotatable bonds is 9. The summed E-state index contributed by atoms with van der Waals surface area (Å²) in [4.78, 5) is 23.7. The van der Waals surface area contributed by atoms with Crippen molar-refractivity contribution >= 4 is 0 Å². The third kappa shape index (κ3) is 5.00. The normalized spacial score (nSPS) is 10.8. The molecule has 0 radical (unpaired) electrons. The summed E-state index contributed by atoms with van der Waals surface area (Å²) in [6.45, 7) is 7.60. The molecule has 0 amide bonds. The molecule has 0 aliphatic carbocycles. The first kappa shape index (κ1) is 15.7. The molecule has 0 aromatic carbocycles. The van der Waals surface area contributed by atoms with E-state index in [9.17, 15) is 9.59 Å². The average Bonchev–Trinajstić information content (AvgIpc) is 2.40. The van der Waals surface area contributed by atoms with Crippen molar-refractivity contribution in [3.05, 3.63) is 33.1 Å². The summed E-state index contributed by atoms with van der Waals surface area (Å²) in [5.74, 6) is 0. The smallest absolute Gasteiger partial charge is 0.331 e. The van der Waals surface area contributed by atoms with Crippen LogP contribution in [0.15, 0.2) is 21.9 Å². The Labute approximate surface area is 113 Å². The Morgan fingerprint density at radius 2 is 2.00 bits per heavy atom. The zero-order chi connectivity index (χ0) is 14.1. The van der Waals surface area contributed by atoms with Gasteiger partial charge in [-0.25, -0.2) is 4.79 Å². The molecule has 1 aromatic heterocycles. The first-order chi connectivity index (χ1) is 9.20. The molecule has 0 fully saturated rings. The first-order valence-corrected chi connectivity index (χ1v) is 6.79. The van der Waals surface area contributed by atoms with Gasteiger partial charge in [-0.2, -0.15) is 0 Å². The lowest BCUT2D eigenvalue weighted by atomic mass is 10.4. The van der Waals surface area contributed by atoms with Gasteiger partial charge in [-0.05, 0) is 13.3 Å². The topological polar surface area (TPSA) is 65.3 Å². The predicted molar refractivity (Wildman–Crippen MR) is 74.6 cm³/mol. The minimum Gasteiger partial charge on any atom is -0.380 e.